The maximum atomic E-state index is 5.02. The molecule has 0 aliphatic heterocycles. The molecule has 0 heterocycles. The van der Waals surface area contributed by atoms with Gasteiger partial charge < -0.3 is 0 Å². The zero-order chi connectivity index (χ0) is 7.49. The van der Waals surface area contributed by atoms with E-state index in [1.165, 1.54) is 0 Å². The van der Waals surface area contributed by atoms with Crippen LogP contribution < -0.4 is 0 Å². The van der Waals surface area contributed by atoms with E-state index in [9.17, 15) is 0 Å². The lowest BCUT2D eigenvalue weighted by atomic mass is 10.2. The monoisotopic (exact) mass is 182 g/mol. The molecule has 0 saturated heterocycles. The van der Waals surface area contributed by atoms with Crippen LogP contribution in [0.3, 0.4) is 0 Å². The Morgan fingerprint density at radius 2 is 1.36 bits per heavy atom. The number of rotatable bonds is 2. The van der Waals surface area contributed by atoms with Crippen LogP contribution in [0, 0.1) is 0 Å². The van der Waals surface area contributed by atoms with Crippen molar-refractivity contribution in [1.29, 1.82) is 0 Å². The maximum absolute atomic E-state index is 5.02. The molecule has 0 aromatic heterocycles. The summed E-state index contributed by atoms with van der Waals surface area (Å²) in [6.45, 7) is 9.89. The highest BCUT2D eigenvalue weighted by molar-refractivity contribution is 7.50. The second kappa shape index (κ2) is 7.02. The molecule has 72 valence electrons. The highest BCUT2D eigenvalue weighted by atomic mass is 31.1. The van der Waals surface area contributed by atoms with Gasteiger partial charge in [0.2, 0.25) is 0 Å². The Kier molecular flexibility index (Phi) is 11.1. The lowest BCUT2D eigenvalue weighted by Gasteiger charge is -2.18. The first-order chi connectivity index (χ1) is 3.92. The van der Waals surface area contributed by atoms with Gasteiger partial charge in [0.15, 0.2) is 0 Å². The molecule has 2 nitrogen and oxygen atoms in total. The van der Waals surface area contributed by atoms with Crippen molar-refractivity contribution in [1.82, 2.24) is 0 Å². The van der Waals surface area contributed by atoms with Crippen molar-refractivity contribution in [3.8, 4) is 0 Å². The highest BCUT2D eigenvalue weighted by Crippen LogP contribution is 2.28. The minimum Gasteiger partial charge on any atom is -0.228 e. The Bertz CT molecular complexity index is 76.7. The van der Waals surface area contributed by atoms with E-state index in [0.717, 1.165) is 0 Å². The van der Waals surface area contributed by atoms with Gasteiger partial charge in [0.05, 0.1) is 13.7 Å². The predicted molar refractivity (Wildman–Crippen MR) is 54.2 cm³/mol. The molecule has 3 heteroatoms. The van der Waals surface area contributed by atoms with E-state index in [1.807, 2.05) is 34.1 Å². The second-order valence-electron chi connectivity index (χ2n) is 3.08. The summed E-state index contributed by atoms with van der Waals surface area (Å²) in [4.78, 5) is 5.02. The molecule has 0 fully saturated rings. The minimum atomic E-state index is -0.387. The third-order valence-corrected chi connectivity index (χ3v) is 0.809. The van der Waals surface area contributed by atoms with Crippen LogP contribution in [-0.4, -0.2) is 18.9 Å². The molecule has 0 amide bonds. The number of hydrogen-bond donors (Lipinski definition) is 0. The summed E-state index contributed by atoms with van der Waals surface area (Å²) in [6.07, 6.45) is 0. The molecule has 0 aromatic carbocycles. The quantitative estimate of drug-likeness (QED) is 0.368. The summed E-state index contributed by atoms with van der Waals surface area (Å²) >= 11 is 0. The summed E-state index contributed by atoms with van der Waals surface area (Å²) < 4.78 is 4.97. The van der Waals surface area contributed by atoms with E-state index in [2.05, 4.69) is 0 Å². The fourth-order valence-corrected chi connectivity index (χ4v) is 0.559. The fraction of sp³-hybridized carbons (Fsp3) is 1.00. The van der Waals surface area contributed by atoms with Crippen LogP contribution in [-0.2, 0) is 9.56 Å². The van der Waals surface area contributed by atoms with E-state index in [1.54, 1.807) is 0 Å². The van der Waals surface area contributed by atoms with Gasteiger partial charge >= 0.3 is 0 Å². The van der Waals surface area contributed by atoms with Crippen LogP contribution in [0.25, 0.3) is 0 Å². The Hall–Kier alpha value is 0.350. The van der Waals surface area contributed by atoms with Crippen molar-refractivity contribution >= 4 is 8.15 Å². The summed E-state index contributed by atoms with van der Waals surface area (Å²) in [6, 6.07) is 0. The first-order valence-corrected chi connectivity index (χ1v) is 5.10. The molecule has 0 unspecified atom stereocenters. The Morgan fingerprint density at radius 3 is 1.45 bits per heavy atom. The van der Waals surface area contributed by atoms with Gasteiger partial charge in [-0.1, -0.05) is 14.9 Å². The lowest BCUT2D eigenvalue weighted by molar-refractivity contribution is -0.268. The van der Waals surface area contributed by atoms with Crippen LogP contribution in [0.2, 0.25) is 0 Å². The van der Waals surface area contributed by atoms with Gasteiger partial charge in [-0.25, -0.2) is 9.56 Å². The third-order valence-electron chi connectivity index (χ3n) is 0.436. The SMILES string of the molecule is C.C.CP(C)OOC(C)(C)C. The lowest BCUT2D eigenvalue weighted by Crippen LogP contribution is -2.17. The summed E-state index contributed by atoms with van der Waals surface area (Å²) in [7, 11) is -0.387. The molecular formula is C8H23O2P. The molecule has 0 atom stereocenters. The van der Waals surface area contributed by atoms with Crippen molar-refractivity contribution in [3.05, 3.63) is 0 Å². The van der Waals surface area contributed by atoms with Gasteiger partial charge in [0, 0.05) is 0 Å². The topological polar surface area (TPSA) is 18.5 Å². The van der Waals surface area contributed by atoms with Crippen LogP contribution in [0.1, 0.15) is 35.6 Å². The Balaban J connectivity index is -0.000000320. The fourth-order valence-electron chi connectivity index (χ4n) is 0.186. The molecule has 0 aliphatic carbocycles. The molecular weight excluding hydrogens is 159 g/mol. The maximum Gasteiger partial charge on any atom is 0.0955 e. The van der Waals surface area contributed by atoms with Crippen LogP contribution >= 0.6 is 8.15 Å². The average Bonchev–Trinajstić information content (AvgIpc) is 1.59. The Morgan fingerprint density at radius 1 is 1.00 bits per heavy atom. The van der Waals surface area contributed by atoms with E-state index < -0.39 is 0 Å². The van der Waals surface area contributed by atoms with E-state index >= 15 is 0 Å². The van der Waals surface area contributed by atoms with Gasteiger partial charge in [-0.3, -0.25) is 0 Å². The largest absolute Gasteiger partial charge is 0.228 e. The molecule has 0 bridgehead atoms. The molecule has 11 heavy (non-hydrogen) atoms. The molecule has 0 aliphatic rings. The van der Waals surface area contributed by atoms with Crippen LogP contribution in [0.5, 0.6) is 0 Å². The van der Waals surface area contributed by atoms with Crippen LogP contribution in [0.4, 0.5) is 0 Å². The number of hydrogen-bond acceptors (Lipinski definition) is 2. The summed E-state index contributed by atoms with van der Waals surface area (Å²) in [5.41, 5.74) is -0.174. The molecule has 0 spiro atoms. The molecule has 0 rings (SSSR count). The van der Waals surface area contributed by atoms with Gasteiger partial charge in [-0.15, -0.1) is 0 Å². The van der Waals surface area contributed by atoms with E-state index in [0.29, 0.717) is 0 Å². The molecule has 0 aromatic rings. The second-order valence-corrected chi connectivity index (χ2v) is 4.86. The van der Waals surface area contributed by atoms with Crippen molar-refractivity contribution < 1.29 is 9.56 Å². The first-order valence-electron chi connectivity index (χ1n) is 2.95. The van der Waals surface area contributed by atoms with Crippen molar-refractivity contribution in [3.63, 3.8) is 0 Å². The summed E-state index contributed by atoms with van der Waals surface area (Å²) in [5, 5.41) is 0. The van der Waals surface area contributed by atoms with Gasteiger partial charge in [-0.2, -0.15) is 0 Å². The van der Waals surface area contributed by atoms with E-state index in [4.69, 9.17) is 9.56 Å². The van der Waals surface area contributed by atoms with Crippen molar-refractivity contribution in [2.45, 2.75) is 41.2 Å². The third kappa shape index (κ3) is 17.9. The predicted octanol–water partition coefficient (Wildman–Crippen LogP) is 3.66. The zero-order valence-corrected chi connectivity index (χ0v) is 7.66. The summed E-state index contributed by atoms with van der Waals surface area (Å²) in [5.74, 6) is 0. The molecule has 0 radical (unpaired) electrons. The van der Waals surface area contributed by atoms with Crippen LogP contribution in [0.15, 0.2) is 0 Å². The zero-order valence-electron chi connectivity index (χ0n) is 6.76. The van der Waals surface area contributed by atoms with Gasteiger partial charge in [-0.05, 0) is 34.1 Å². The molecule has 0 N–H and O–H groups in total. The minimum absolute atomic E-state index is 0. The van der Waals surface area contributed by atoms with E-state index in [-0.39, 0.29) is 28.6 Å². The Labute approximate surface area is 73.0 Å². The normalized spacial score (nSPS) is 10.4. The van der Waals surface area contributed by atoms with Gasteiger partial charge in [0.1, 0.15) is 0 Å². The van der Waals surface area contributed by atoms with Crippen molar-refractivity contribution in [2.24, 2.45) is 0 Å². The van der Waals surface area contributed by atoms with Crippen molar-refractivity contribution in [2.75, 3.05) is 13.3 Å². The average molecular weight is 182 g/mol. The highest BCUT2D eigenvalue weighted by Gasteiger charge is 2.11. The molecule has 0 saturated carbocycles. The standard InChI is InChI=1S/C6H15O2P.2CH4/c1-6(2,3)7-8-9(4)5;;/h1-5H3;2*1H4. The first kappa shape index (κ1) is 17.4. The van der Waals surface area contributed by atoms with Gasteiger partial charge in [0.25, 0.3) is 0 Å². The smallest absolute Gasteiger partial charge is 0.0955 e.